The summed E-state index contributed by atoms with van der Waals surface area (Å²) in [7, 11) is 0. The zero-order chi connectivity index (χ0) is 17.6. The number of rotatable bonds is 4. The molecule has 0 N–H and O–H groups in total. The smallest absolute Gasteiger partial charge is 0.227 e. The summed E-state index contributed by atoms with van der Waals surface area (Å²) in [4.78, 5) is 17.0. The van der Waals surface area contributed by atoms with Gasteiger partial charge in [0.2, 0.25) is 5.91 Å². The van der Waals surface area contributed by atoms with E-state index in [0.29, 0.717) is 16.5 Å². The van der Waals surface area contributed by atoms with E-state index < -0.39 is 0 Å². The predicted octanol–water partition coefficient (Wildman–Crippen LogP) is 4.27. The van der Waals surface area contributed by atoms with Crippen molar-refractivity contribution in [1.82, 2.24) is 9.80 Å². The van der Waals surface area contributed by atoms with E-state index in [-0.39, 0.29) is 5.91 Å². The zero-order valence-corrected chi connectivity index (χ0v) is 15.6. The summed E-state index contributed by atoms with van der Waals surface area (Å²) in [5.74, 6) is 0.153. The van der Waals surface area contributed by atoms with Crippen LogP contribution in [0.25, 0.3) is 0 Å². The van der Waals surface area contributed by atoms with E-state index in [1.807, 2.05) is 17.0 Å². The van der Waals surface area contributed by atoms with Gasteiger partial charge in [-0.05, 0) is 29.7 Å². The van der Waals surface area contributed by atoms with Crippen molar-refractivity contribution in [3.63, 3.8) is 0 Å². The average molecular weight is 377 g/mol. The molecule has 132 valence electrons. The van der Waals surface area contributed by atoms with Crippen LogP contribution in [-0.4, -0.2) is 41.9 Å². The van der Waals surface area contributed by atoms with Crippen molar-refractivity contribution in [3.8, 4) is 0 Å². The Morgan fingerprint density at radius 2 is 1.68 bits per heavy atom. The molecule has 0 saturated carbocycles. The number of nitrogens with zero attached hydrogens (tertiary/aromatic N) is 2. The van der Waals surface area contributed by atoms with Crippen LogP contribution in [0.5, 0.6) is 0 Å². The molecule has 1 aliphatic rings. The fraction of sp³-hybridized carbons (Fsp3) is 0.350. The topological polar surface area (TPSA) is 23.6 Å². The summed E-state index contributed by atoms with van der Waals surface area (Å²) in [5.41, 5.74) is 2.22. The summed E-state index contributed by atoms with van der Waals surface area (Å²) in [6.07, 6.45) is 1.37. The molecule has 2 aromatic rings. The second-order valence-electron chi connectivity index (χ2n) is 6.42. The maximum absolute atomic E-state index is 12.6. The second kappa shape index (κ2) is 8.70. The molecule has 0 unspecified atom stereocenters. The van der Waals surface area contributed by atoms with Crippen LogP contribution in [0.2, 0.25) is 10.0 Å². The second-order valence-corrected chi connectivity index (χ2v) is 7.24. The Morgan fingerprint density at radius 1 is 0.880 bits per heavy atom. The van der Waals surface area contributed by atoms with Crippen molar-refractivity contribution < 1.29 is 4.79 Å². The third-order valence-corrected chi connectivity index (χ3v) is 5.27. The molecule has 0 aliphatic carbocycles. The largest absolute Gasteiger partial charge is 0.341 e. The molecule has 0 atom stereocenters. The molecule has 3 rings (SSSR count). The van der Waals surface area contributed by atoms with Gasteiger partial charge in [-0.15, -0.1) is 0 Å². The number of hydrogen-bond donors (Lipinski definition) is 0. The Labute approximate surface area is 159 Å². The summed E-state index contributed by atoms with van der Waals surface area (Å²) < 4.78 is 0. The molecular weight excluding hydrogens is 355 g/mol. The molecule has 3 nitrogen and oxygen atoms in total. The van der Waals surface area contributed by atoms with Crippen molar-refractivity contribution in [2.45, 2.75) is 19.4 Å². The summed E-state index contributed by atoms with van der Waals surface area (Å²) >= 11 is 12.0. The lowest BCUT2D eigenvalue weighted by Crippen LogP contribution is -2.36. The number of hydrogen-bond acceptors (Lipinski definition) is 2. The van der Waals surface area contributed by atoms with Crippen LogP contribution in [0.3, 0.4) is 0 Å². The first kappa shape index (κ1) is 18.2. The van der Waals surface area contributed by atoms with Gasteiger partial charge in [-0.1, -0.05) is 59.6 Å². The van der Waals surface area contributed by atoms with Gasteiger partial charge < -0.3 is 4.90 Å². The lowest BCUT2D eigenvalue weighted by molar-refractivity contribution is -0.130. The number of amides is 1. The van der Waals surface area contributed by atoms with Gasteiger partial charge in [0.05, 0.1) is 16.5 Å². The predicted molar refractivity (Wildman–Crippen MR) is 103 cm³/mol. The quantitative estimate of drug-likeness (QED) is 0.795. The lowest BCUT2D eigenvalue weighted by Gasteiger charge is -2.22. The van der Waals surface area contributed by atoms with Crippen LogP contribution < -0.4 is 0 Å². The molecule has 0 bridgehead atoms. The molecule has 2 aromatic carbocycles. The molecule has 0 spiro atoms. The van der Waals surface area contributed by atoms with Crippen LogP contribution >= 0.6 is 23.2 Å². The van der Waals surface area contributed by atoms with Crippen LogP contribution in [0.1, 0.15) is 17.5 Å². The summed E-state index contributed by atoms with van der Waals surface area (Å²) in [6, 6.07) is 15.9. The van der Waals surface area contributed by atoms with Crippen molar-refractivity contribution in [3.05, 3.63) is 69.7 Å². The summed E-state index contributed by atoms with van der Waals surface area (Å²) in [6.45, 7) is 4.45. The molecule has 1 fully saturated rings. The number of carbonyl (C=O) groups excluding carboxylic acids is 1. The van der Waals surface area contributed by atoms with Crippen LogP contribution in [0.4, 0.5) is 0 Å². The molecule has 1 amide bonds. The summed E-state index contributed by atoms with van der Waals surface area (Å²) in [5, 5.41) is 1.01. The third kappa shape index (κ3) is 5.21. The van der Waals surface area contributed by atoms with Crippen molar-refractivity contribution in [2.24, 2.45) is 0 Å². The molecule has 1 heterocycles. The van der Waals surface area contributed by atoms with Gasteiger partial charge in [0.15, 0.2) is 0 Å². The molecule has 0 radical (unpaired) electrons. The number of benzene rings is 2. The van der Waals surface area contributed by atoms with Crippen LogP contribution in [0.15, 0.2) is 48.5 Å². The van der Waals surface area contributed by atoms with Crippen molar-refractivity contribution in [1.29, 1.82) is 0 Å². The molecule has 0 aromatic heterocycles. The average Bonchev–Trinajstić information content (AvgIpc) is 2.85. The van der Waals surface area contributed by atoms with E-state index in [9.17, 15) is 4.79 Å². The fourth-order valence-electron chi connectivity index (χ4n) is 3.16. The van der Waals surface area contributed by atoms with E-state index in [1.165, 1.54) is 5.56 Å². The maximum Gasteiger partial charge on any atom is 0.227 e. The highest BCUT2D eigenvalue weighted by atomic mass is 35.5. The van der Waals surface area contributed by atoms with Gasteiger partial charge in [-0.3, -0.25) is 9.69 Å². The zero-order valence-electron chi connectivity index (χ0n) is 14.1. The van der Waals surface area contributed by atoms with Crippen LogP contribution in [0, 0.1) is 0 Å². The standard InChI is InChI=1S/C20H22Cl2N2O/c21-18-8-7-17(13-19(18)22)14-20(25)24-10-4-9-23(11-12-24)15-16-5-2-1-3-6-16/h1-3,5-8,13H,4,9-12,14-15H2. The molecule has 5 heteroatoms. The lowest BCUT2D eigenvalue weighted by atomic mass is 10.1. The first-order chi connectivity index (χ1) is 12.1. The van der Waals surface area contributed by atoms with Crippen molar-refractivity contribution >= 4 is 29.1 Å². The highest BCUT2D eigenvalue weighted by Crippen LogP contribution is 2.23. The van der Waals surface area contributed by atoms with Gasteiger partial charge in [0, 0.05) is 32.7 Å². The Bertz CT molecular complexity index is 721. The number of carbonyl (C=O) groups is 1. The first-order valence-electron chi connectivity index (χ1n) is 8.60. The highest BCUT2D eigenvalue weighted by Gasteiger charge is 2.19. The SMILES string of the molecule is O=C(Cc1ccc(Cl)c(Cl)c1)N1CCCN(Cc2ccccc2)CC1. The van der Waals surface area contributed by atoms with E-state index in [0.717, 1.165) is 44.7 Å². The van der Waals surface area contributed by atoms with E-state index in [2.05, 4.69) is 29.2 Å². The Kier molecular flexibility index (Phi) is 6.35. The molecule has 1 aliphatic heterocycles. The molecule has 25 heavy (non-hydrogen) atoms. The number of halogens is 2. The Balaban J connectivity index is 1.55. The van der Waals surface area contributed by atoms with Gasteiger partial charge in [0.1, 0.15) is 0 Å². The Hall–Kier alpha value is -1.55. The normalized spacial score (nSPS) is 15.8. The minimum absolute atomic E-state index is 0.153. The minimum Gasteiger partial charge on any atom is -0.341 e. The van der Waals surface area contributed by atoms with Crippen LogP contribution in [-0.2, 0) is 17.8 Å². The first-order valence-corrected chi connectivity index (χ1v) is 9.35. The molecule has 1 saturated heterocycles. The van der Waals surface area contributed by atoms with Crippen molar-refractivity contribution in [2.75, 3.05) is 26.2 Å². The third-order valence-electron chi connectivity index (χ3n) is 4.53. The molecular formula is C20H22Cl2N2O. The fourth-order valence-corrected chi connectivity index (χ4v) is 3.48. The van der Waals surface area contributed by atoms with Gasteiger partial charge in [0.25, 0.3) is 0 Å². The van der Waals surface area contributed by atoms with Gasteiger partial charge >= 0.3 is 0 Å². The monoisotopic (exact) mass is 376 g/mol. The maximum atomic E-state index is 12.6. The van der Waals surface area contributed by atoms with E-state index in [1.54, 1.807) is 12.1 Å². The minimum atomic E-state index is 0.153. The van der Waals surface area contributed by atoms with E-state index >= 15 is 0 Å². The Morgan fingerprint density at radius 3 is 2.44 bits per heavy atom. The van der Waals surface area contributed by atoms with Gasteiger partial charge in [-0.25, -0.2) is 0 Å². The van der Waals surface area contributed by atoms with Gasteiger partial charge in [-0.2, -0.15) is 0 Å². The highest BCUT2D eigenvalue weighted by molar-refractivity contribution is 6.42. The van der Waals surface area contributed by atoms with E-state index in [4.69, 9.17) is 23.2 Å².